The summed E-state index contributed by atoms with van der Waals surface area (Å²) in [5.74, 6) is 0. The fourth-order valence-electron chi connectivity index (χ4n) is 3.05. The minimum Gasteiger partial charge on any atom is -0.403 e. The highest BCUT2D eigenvalue weighted by atomic mass is 28.4. The van der Waals surface area contributed by atoms with E-state index in [1.807, 2.05) is 0 Å². The summed E-state index contributed by atoms with van der Waals surface area (Å²) >= 11 is 0. The minimum absolute atomic E-state index is 0.187. The lowest BCUT2D eigenvalue weighted by molar-refractivity contribution is 0.0436. The lowest BCUT2D eigenvalue weighted by atomic mass is 9.70. The molecule has 0 N–H and O–H groups in total. The maximum absolute atomic E-state index is 6.99. The van der Waals surface area contributed by atoms with Crippen LogP contribution in [0.1, 0.15) is 45.2 Å². The van der Waals surface area contributed by atoms with Crippen molar-refractivity contribution in [2.24, 2.45) is 0 Å². The summed E-state index contributed by atoms with van der Waals surface area (Å²) in [6.07, 6.45) is 0.973. The number of hydrogen-bond donors (Lipinski definition) is 0. The molecule has 0 fully saturated rings. The number of hydrogen-bond acceptors (Lipinski definition) is 2. The molecule has 0 saturated heterocycles. The summed E-state index contributed by atoms with van der Waals surface area (Å²) in [6, 6.07) is 8.82. The predicted octanol–water partition coefficient (Wildman–Crippen LogP) is 5.58. The van der Waals surface area contributed by atoms with Crippen LogP contribution in [-0.4, -0.2) is 22.0 Å². The summed E-state index contributed by atoms with van der Waals surface area (Å²) in [5.41, 5.74) is 4.98. The highest BCUT2D eigenvalue weighted by Gasteiger charge is 2.52. The van der Waals surface area contributed by atoms with Gasteiger partial charge in [-0.15, -0.1) is 0 Å². The van der Waals surface area contributed by atoms with Gasteiger partial charge in [-0.1, -0.05) is 56.2 Å². The number of methoxy groups -OCH3 is 1. The quantitative estimate of drug-likeness (QED) is 0.518. The summed E-state index contributed by atoms with van der Waals surface area (Å²) < 4.78 is 12.5. The summed E-state index contributed by atoms with van der Waals surface area (Å²) in [6.45, 7) is 16.5. The average Bonchev–Trinajstić information content (AvgIpc) is 2.43. The van der Waals surface area contributed by atoms with Crippen LogP contribution in [0.3, 0.4) is 0 Å². The highest BCUT2D eigenvalue weighted by molar-refractivity contribution is 6.74. The Kier molecular flexibility index (Phi) is 4.96. The second-order valence-electron chi connectivity index (χ2n) is 8.42. The van der Waals surface area contributed by atoms with Crippen LogP contribution < -0.4 is 0 Å². The van der Waals surface area contributed by atoms with Gasteiger partial charge in [-0.2, -0.15) is 0 Å². The first-order valence-corrected chi connectivity index (χ1v) is 11.4. The fraction of sp³-hybridized carbons (Fsp3) is 0.600. The van der Waals surface area contributed by atoms with Gasteiger partial charge < -0.3 is 9.16 Å². The molecule has 0 bridgehead atoms. The molecule has 2 nitrogen and oxygen atoms in total. The Labute approximate surface area is 143 Å². The molecule has 0 saturated carbocycles. The van der Waals surface area contributed by atoms with Crippen LogP contribution in [0.25, 0.3) is 0 Å². The predicted molar refractivity (Wildman–Crippen MR) is 100 cm³/mol. The summed E-state index contributed by atoms with van der Waals surface area (Å²) in [5, 5.41) is 0.187. The van der Waals surface area contributed by atoms with Crippen molar-refractivity contribution in [3.05, 3.63) is 46.5 Å². The molecule has 1 aliphatic carbocycles. The van der Waals surface area contributed by atoms with E-state index in [1.165, 1.54) is 22.3 Å². The molecule has 0 amide bonds. The van der Waals surface area contributed by atoms with Gasteiger partial charge in [0.25, 0.3) is 0 Å². The van der Waals surface area contributed by atoms with E-state index in [4.69, 9.17) is 9.16 Å². The van der Waals surface area contributed by atoms with Gasteiger partial charge in [0, 0.05) is 13.5 Å². The lowest BCUT2D eigenvalue weighted by Gasteiger charge is -2.52. The van der Waals surface area contributed by atoms with E-state index in [0.717, 1.165) is 6.42 Å². The number of rotatable bonds is 5. The van der Waals surface area contributed by atoms with Crippen molar-refractivity contribution in [1.82, 2.24) is 0 Å². The van der Waals surface area contributed by atoms with E-state index in [-0.39, 0.29) is 10.6 Å². The molecule has 1 unspecified atom stereocenters. The Balaban J connectivity index is 2.49. The Morgan fingerprint density at radius 2 is 1.65 bits per heavy atom. The first-order valence-electron chi connectivity index (χ1n) is 8.49. The molecule has 1 aromatic carbocycles. The normalized spacial score (nSPS) is 22.3. The SMILES string of the molecule is COCC1=C(C)CC1(O[Si](C)(C)C(C)(C)C)c1ccc(C)cc1. The van der Waals surface area contributed by atoms with Crippen molar-refractivity contribution in [1.29, 1.82) is 0 Å². The molecule has 23 heavy (non-hydrogen) atoms. The van der Waals surface area contributed by atoms with Crippen LogP contribution in [0, 0.1) is 6.92 Å². The second-order valence-corrected chi connectivity index (χ2v) is 13.1. The lowest BCUT2D eigenvalue weighted by Crippen LogP contribution is -2.53. The fourth-order valence-corrected chi connectivity index (χ4v) is 4.54. The zero-order valence-electron chi connectivity index (χ0n) is 16.0. The van der Waals surface area contributed by atoms with Crippen molar-refractivity contribution in [3.63, 3.8) is 0 Å². The van der Waals surface area contributed by atoms with Gasteiger partial charge in [-0.3, -0.25) is 0 Å². The largest absolute Gasteiger partial charge is 0.403 e. The van der Waals surface area contributed by atoms with E-state index in [9.17, 15) is 0 Å². The average molecular weight is 333 g/mol. The van der Waals surface area contributed by atoms with E-state index in [0.29, 0.717) is 6.61 Å². The number of benzene rings is 1. The Morgan fingerprint density at radius 3 is 2.09 bits per heavy atom. The second kappa shape index (κ2) is 6.19. The number of ether oxygens (including phenoxy) is 1. The van der Waals surface area contributed by atoms with Gasteiger partial charge in [0.2, 0.25) is 0 Å². The molecule has 0 spiro atoms. The molecule has 2 rings (SSSR count). The first kappa shape index (κ1) is 18.4. The first-order chi connectivity index (χ1) is 10.5. The van der Waals surface area contributed by atoms with Crippen LogP contribution in [-0.2, 0) is 14.8 Å². The van der Waals surface area contributed by atoms with Gasteiger partial charge >= 0.3 is 0 Å². The van der Waals surface area contributed by atoms with Gasteiger partial charge in [-0.25, -0.2) is 0 Å². The van der Waals surface area contributed by atoms with E-state index >= 15 is 0 Å². The molecule has 1 atom stereocenters. The zero-order chi connectivity index (χ0) is 17.5. The molecule has 1 aromatic rings. The van der Waals surface area contributed by atoms with Crippen LogP contribution in [0.5, 0.6) is 0 Å². The Hall–Kier alpha value is -0.903. The van der Waals surface area contributed by atoms with Crippen LogP contribution in [0.2, 0.25) is 18.1 Å². The van der Waals surface area contributed by atoms with E-state index in [2.05, 4.69) is 72.0 Å². The topological polar surface area (TPSA) is 18.5 Å². The van der Waals surface area contributed by atoms with Gasteiger partial charge in [0.05, 0.1) is 6.61 Å². The molecule has 128 valence electrons. The maximum atomic E-state index is 6.99. The zero-order valence-corrected chi connectivity index (χ0v) is 17.0. The molecular formula is C20H32O2Si. The van der Waals surface area contributed by atoms with Gasteiger partial charge in [0.1, 0.15) is 5.60 Å². The van der Waals surface area contributed by atoms with Crippen LogP contribution in [0.15, 0.2) is 35.4 Å². The molecule has 1 aliphatic rings. The van der Waals surface area contributed by atoms with E-state index < -0.39 is 8.32 Å². The van der Waals surface area contributed by atoms with Crippen molar-refractivity contribution in [2.45, 2.75) is 64.8 Å². The molecule has 0 aliphatic heterocycles. The van der Waals surface area contributed by atoms with Crippen molar-refractivity contribution < 1.29 is 9.16 Å². The third-order valence-electron chi connectivity index (χ3n) is 5.56. The minimum atomic E-state index is -1.90. The Morgan fingerprint density at radius 1 is 1.09 bits per heavy atom. The van der Waals surface area contributed by atoms with Crippen molar-refractivity contribution in [3.8, 4) is 0 Å². The number of aryl methyl sites for hydroxylation is 1. The van der Waals surface area contributed by atoms with Crippen molar-refractivity contribution >= 4 is 8.32 Å². The van der Waals surface area contributed by atoms with Gasteiger partial charge in [-0.05, 0) is 43.1 Å². The molecule has 0 aromatic heterocycles. The van der Waals surface area contributed by atoms with Crippen LogP contribution >= 0.6 is 0 Å². The standard InChI is InChI=1S/C20H32O2Si/c1-15-9-11-17(12-10-15)20(13-16(2)18(20)14-21-6)22-23(7,8)19(3,4)5/h9-12H,13-14H2,1-8H3. The smallest absolute Gasteiger partial charge is 0.193 e. The highest BCUT2D eigenvalue weighted by Crippen LogP contribution is 2.53. The maximum Gasteiger partial charge on any atom is 0.193 e. The van der Waals surface area contributed by atoms with Crippen molar-refractivity contribution in [2.75, 3.05) is 13.7 Å². The summed E-state index contributed by atoms with van der Waals surface area (Å²) in [7, 11) is -0.128. The monoisotopic (exact) mass is 332 g/mol. The molecule has 0 radical (unpaired) electrons. The summed E-state index contributed by atoms with van der Waals surface area (Å²) in [4.78, 5) is 0. The van der Waals surface area contributed by atoms with E-state index in [1.54, 1.807) is 7.11 Å². The molecular weight excluding hydrogens is 300 g/mol. The van der Waals surface area contributed by atoms with Gasteiger partial charge in [0.15, 0.2) is 8.32 Å². The Bertz CT molecular complexity index is 593. The molecule has 0 heterocycles. The van der Waals surface area contributed by atoms with Crippen LogP contribution in [0.4, 0.5) is 0 Å². The molecule has 3 heteroatoms. The third-order valence-corrected chi connectivity index (χ3v) is 10.0. The third kappa shape index (κ3) is 3.33.